The molecule has 1 aromatic carbocycles. The van der Waals surface area contributed by atoms with Gasteiger partial charge >= 0.3 is 0 Å². The summed E-state index contributed by atoms with van der Waals surface area (Å²) in [6.07, 6.45) is 0. The molecule has 0 aliphatic heterocycles. The second-order valence-electron chi connectivity index (χ2n) is 4.79. The molecule has 1 N–H and O–H groups in total. The van der Waals surface area contributed by atoms with E-state index < -0.39 is 0 Å². The highest BCUT2D eigenvalue weighted by atomic mass is 32.1. The number of benzene rings is 1. The van der Waals surface area contributed by atoms with Crippen LogP contribution in [0.2, 0.25) is 0 Å². The smallest absolute Gasteiger partial charge is 0.266 e. The molecule has 4 aromatic rings. The molecule has 0 unspecified atom stereocenters. The molecular formula is C15H10N4OS. The predicted octanol–water partition coefficient (Wildman–Crippen LogP) is 2.90. The standard InChI is InChI=1S/C15H10N4OS/c1-8-7-10(9-5-3-2-4-6-9)16-15-11(8)12-13(21-15)14(20)18-19-17-12/h2-7H,1H3,(H,17,18,20). The Labute approximate surface area is 123 Å². The number of H-pyrrole nitrogens is 1. The summed E-state index contributed by atoms with van der Waals surface area (Å²) in [7, 11) is 0. The molecule has 5 nitrogen and oxygen atoms in total. The number of aryl methyl sites for hydroxylation is 1. The first-order chi connectivity index (χ1) is 10.2. The maximum Gasteiger partial charge on any atom is 0.285 e. The van der Waals surface area contributed by atoms with Crippen molar-refractivity contribution in [3.8, 4) is 11.3 Å². The van der Waals surface area contributed by atoms with Gasteiger partial charge in [0.05, 0.1) is 5.69 Å². The highest BCUT2D eigenvalue weighted by molar-refractivity contribution is 7.25. The molecule has 0 atom stereocenters. The summed E-state index contributed by atoms with van der Waals surface area (Å²) in [5, 5.41) is 11.0. The zero-order chi connectivity index (χ0) is 14.4. The molecule has 3 heterocycles. The Balaban J connectivity index is 2.10. The van der Waals surface area contributed by atoms with Crippen molar-refractivity contribution in [2.75, 3.05) is 0 Å². The minimum Gasteiger partial charge on any atom is -0.266 e. The maximum atomic E-state index is 11.8. The first-order valence-corrected chi connectivity index (χ1v) is 7.26. The molecule has 21 heavy (non-hydrogen) atoms. The van der Waals surface area contributed by atoms with E-state index in [0.29, 0.717) is 10.2 Å². The van der Waals surface area contributed by atoms with Gasteiger partial charge in [-0.3, -0.25) is 4.79 Å². The van der Waals surface area contributed by atoms with Crippen LogP contribution >= 0.6 is 11.3 Å². The van der Waals surface area contributed by atoms with Gasteiger partial charge in [-0.15, -0.1) is 16.4 Å². The van der Waals surface area contributed by atoms with E-state index in [4.69, 9.17) is 0 Å². The molecule has 0 fully saturated rings. The fourth-order valence-electron chi connectivity index (χ4n) is 2.44. The molecule has 0 radical (unpaired) electrons. The third kappa shape index (κ3) is 1.84. The van der Waals surface area contributed by atoms with Crippen molar-refractivity contribution < 1.29 is 0 Å². The van der Waals surface area contributed by atoms with Gasteiger partial charge in [0.25, 0.3) is 5.56 Å². The number of hydrogen-bond donors (Lipinski definition) is 1. The lowest BCUT2D eigenvalue weighted by Gasteiger charge is -2.03. The SMILES string of the molecule is Cc1cc(-c2ccccc2)nc2sc3c(=O)[nH]nnc3c12. The van der Waals surface area contributed by atoms with Crippen LogP contribution in [0.25, 0.3) is 31.7 Å². The zero-order valence-corrected chi connectivity index (χ0v) is 11.9. The Morgan fingerprint density at radius 2 is 2.00 bits per heavy atom. The Bertz CT molecular complexity index is 1020. The second-order valence-corrected chi connectivity index (χ2v) is 5.79. The molecule has 3 aromatic heterocycles. The summed E-state index contributed by atoms with van der Waals surface area (Å²) < 4.78 is 0.570. The fourth-order valence-corrected chi connectivity index (χ4v) is 3.52. The molecule has 0 aliphatic carbocycles. The summed E-state index contributed by atoms with van der Waals surface area (Å²) in [4.78, 5) is 17.3. The largest absolute Gasteiger partial charge is 0.285 e. The van der Waals surface area contributed by atoms with E-state index in [1.807, 2.05) is 43.3 Å². The van der Waals surface area contributed by atoms with E-state index in [9.17, 15) is 4.79 Å². The van der Waals surface area contributed by atoms with Crippen LogP contribution in [0.1, 0.15) is 5.56 Å². The highest BCUT2D eigenvalue weighted by Crippen LogP contribution is 2.33. The molecule has 0 aliphatic rings. The Morgan fingerprint density at radius 1 is 1.19 bits per heavy atom. The summed E-state index contributed by atoms with van der Waals surface area (Å²) in [6.45, 7) is 2.01. The number of nitrogens with zero attached hydrogens (tertiary/aromatic N) is 3. The Kier molecular flexibility index (Phi) is 2.58. The molecule has 4 rings (SSSR count). The topological polar surface area (TPSA) is 71.5 Å². The van der Waals surface area contributed by atoms with Crippen LogP contribution in [-0.2, 0) is 0 Å². The monoisotopic (exact) mass is 294 g/mol. The quantitative estimate of drug-likeness (QED) is 0.586. The van der Waals surface area contributed by atoms with Gasteiger partial charge in [-0.1, -0.05) is 35.5 Å². The van der Waals surface area contributed by atoms with Crippen molar-refractivity contribution in [2.24, 2.45) is 0 Å². The maximum absolute atomic E-state index is 11.8. The van der Waals surface area contributed by atoms with Crippen LogP contribution in [0.4, 0.5) is 0 Å². The number of pyridine rings is 1. The van der Waals surface area contributed by atoms with E-state index in [2.05, 4.69) is 20.4 Å². The predicted molar refractivity (Wildman–Crippen MR) is 83.5 cm³/mol. The lowest BCUT2D eigenvalue weighted by atomic mass is 10.1. The van der Waals surface area contributed by atoms with E-state index in [1.54, 1.807) is 0 Å². The van der Waals surface area contributed by atoms with Crippen molar-refractivity contribution in [2.45, 2.75) is 6.92 Å². The molecule has 0 saturated heterocycles. The minimum atomic E-state index is -0.219. The number of rotatable bonds is 1. The third-order valence-electron chi connectivity index (χ3n) is 3.41. The van der Waals surface area contributed by atoms with Gasteiger partial charge in [0.15, 0.2) is 0 Å². The van der Waals surface area contributed by atoms with Gasteiger partial charge in [0.1, 0.15) is 15.0 Å². The summed E-state index contributed by atoms with van der Waals surface area (Å²) >= 11 is 1.35. The number of aromatic amines is 1. The number of hydrogen-bond acceptors (Lipinski definition) is 5. The summed E-state index contributed by atoms with van der Waals surface area (Å²) in [5.41, 5.74) is 3.41. The van der Waals surface area contributed by atoms with Crippen molar-refractivity contribution in [3.05, 3.63) is 52.3 Å². The fraction of sp³-hybridized carbons (Fsp3) is 0.0667. The van der Waals surface area contributed by atoms with Gasteiger partial charge in [0.2, 0.25) is 0 Å². The Hall–Kier alpha value is -2.60. The van der Waals surface area contributed by atoms with Crippen LogP contribution < -0.4 is 5.56 Å². The number of aromatic nitrogens is 4. The number of fused-ring (bicyclic) bond motifs is 3. The van der Waals surface area contributed by atoms with Gasteiger partial charge in [-0.25, -0.2) is 10.1 Å². The first-order valence-electron chi connectivity index (χ1n) is 6.44. The third-order valence-corrected chi connectivity index (χ3v) is 4.48. The molecule has 6 heteroatoms. The average molecular weight is 294 g/mol. The van der Waals surface area contributed by atoms with Gasteiger partial charge in [-0.05, 0) is 18.6 Å². The molecule has 102 valence electrons. The number of nitrogens with one attached hydrogen (secondary N) is 1. The Morgan fingerprint density at radius 3 is 2.81 bits per heavy atom. The molecule has 0 saturated carbocycles. The van der Waals surface area contributed by atoms with Crippen molar-refractivity contribution in [1.82, 2.24) is 20.4 Å². The first kappa shape index (κ1) is 12.2. The molecule has 0 spiro atoms. The van der Waals surface area contributed by atoms with E-state index in [1.165, 1.54) is 11.3 Å². The zero-order valence-electron chi connectivity index (χ0n) is 11.1. The summed E-state index contributed by atoms with van der Waals surface area (Å²) in [5.74, 6) is 0. The van der Waals surface area contributed by atoms with E-state index >= 15 is 0 Å². The van der Waals surface area contributed by atoms with Crippen LogP contribution in [0.15, 0.2) is 41.2 Å². The van der Waals surface area contributed by atoms with Crippen molar-refractivity contribution in [3.63, 3.8) is 0 Å². The van der Waals surface area contributed by atoms with Crippen LogP contribution in [0.3, 0.4) is 0 Å². The molecule has 0 bridgehead atoms. The van der Waals surface area contributed by atoms with Crippen molar-refractivity contribution >= 4 is 31.8 Å². The van der Waals surface area contributed by atoms with Crippen molar-refractivity contribution in [1.29, 1.82) is 0 Å². The normalized spacial score (nSPS) is 11.3. The lowest BCUT2D eigenvalue weighted by molar-refractivity contribution is 0.876. The molecular weight excluding hydrogens is 284 g/mol. The van der Waals surface area contributed by atoms with Gasteiger partial charge < -0.3 is 0 Å². The van der Waals surface area contributed by atoms with Gasteiger partial charge in [0, 0.05) is 10.9 Å². The van der Waals surface area contributed by atoms with Crippen LogP contribution in [0.5, 0.6) is 0 Å². The lowest BCUT2D eigenvalue weighted by Crippen LogP contribution is -2.07. The van der Waals surface area contributed by atoms with E-state index in [0.717, 1.165) is 27.0 Å². The highest BCUT2D eigenvalue weighted by Gasteiger charge is 2.14. The van der Waals surface area contributed by atoms with Crippen LogP contribution in [-0.4, -0.2) is 20.4 Å². The summed E-state index contributed by atoms with van der Waals surface area (Å²) in [6, 6.07) is 12.0. The minimum absolute atomic E-state index is 0.219. The average Bonchev–Trinajstić information content (AvgIpc) is 2.89. The number of thiophene rings is 1. The van der Waals surface area contributed by atoms with Gasteiger partial charge in [-0.2, -0.15) is 0 Å². The molecule has 0 amide bonds. The second kappa shape index (κ2) is 4.46. The van der Waals surface area contributed by atoms with E-state index in [-0.39, 0.29) is 5.56 Å². The van der Waals surface area contributed by atoms with Crippen LogP contribution in [0, 0.1) is 6.92 Å².